The van der Waals surface area contributed by atoms with Gasteiger partial charge in [-0.15, -0.1) is 0 Å². The zero-order valence-electron chi connectivity index (χ0n) is 14.4. The number of aromatic nitrogens is 2. The predicted molar refractivity (Wildman–Crippen MR) is 100 cm³/mol. The van der Waals surface area contributed by atoms with Crippen LogP contribution in [0.4, 0.5) is 5.95 Å². The first-order chi connectivity index (χ1) is 12.1. The molecule has 2 heterocycles. The first kappa shape index (κ1) is 17.7. The third-order valence-electron chi connectivity index (χ3n) is 4.58. The van der Waals surface area contributed by atoms with E-state index >= 15 is 0 Å². The highest BCUT2D eigenvalue weighted by Gasteiger charge is 2.18. The summed E-state index contributed by atoms with van der Waals surface area (Å²) < 4.78 is 0. The number of piperidine rings is 1. The van der Waals surface area contributed by atoms with Gasteiger partial charge in [0.25, 0.3) is 5.91 Å². The fourth-order valence-corrected chi connectivity index (χ4v) is 3.01. The Morgan fingerprint density at radius 3 is 2.48 bits per heavy atom. The first-order valence-electron chi connectivity index (χ1n) is 8.71. The molecule has 1 saturated heterocycles. The molecule has 0 saturated carbocycles. The molecule has 0 unspecified atom stereocenters. The van der Waals surface area contributed by atoms with E-state index < -0.39 is 0 Å². The van der Waals surface area contributed by atoms with E-state index in [0.29, 0.717) is 23.1 Å². The van der Waals surface area contributed by atoms with Crippen molar-refractivity contribution in [3.8, 4) is 0 Å². The molecule has 0 spiro atoms. The second kappa shape index (κ2) is 8.30. The Bertz CT molecular complexity index is 694. The first-order valence-corrected chi connectivity index (χ1v) is 9.09. The van der Waals surface area contributed by atoms with Gasteiger partial charge in [-0.3, -0.25) is 4.79 Å². The fourth-order valence-electron chi connectivity index (χ4n) is 2.88. The molecule has 5 nitrogen and oxygen atoms in total. The molecule has 1 aliphatic rings. The lowest BCUT2D eigenvalue weighted by molar-refractivity contribution is 0.0953. The zero-order chi connectivity index (χ0) is 17.6. The molecule has 0 aliphatic carbocycles. The number of amides is 1. The summed E-state index contributed by atoms with van der Waals surface area (Å²) in [4.78, 5) is 23.1. The minimum Gasteiger partial charge on any atom is -0.352 e. The Labute approximate surface area is 153 Å². The van der Waals surface area contributed by atoms with Gasteiger partial charge < -0.3 is 10.2 Å². The van der Waals surface area contributed by atoms with Crippen molar-refractivity contribution >= 4 is 23.5 Å². The normalized spacial score (nSPS) is 15.2. The van der Waals surface area contributed by atoms with Crippen molar-refractivity contribution in [1.82, 2.24) is 15.3 Å². The van der Waals surface area contributed by atoms with Crippen molar-refractivity contribution in [2.75, 3.05) is 24.5 Å². The minimum absolute atomic E-state index is 0.146. The topological polar surface area (TPSA) is 58.1 Å². The highest BCUT2D eigenvalue weighted by molar-refractivity contribution is 6.30. The van der Waals surface area contributed by atoms with Crippen LogP contribution in [-0.2, 0) is 6.42 Å². The van der Waals surface area contributed by atoms with Crippen molar-refractivity contribution in [3.63, 3.8) is 0 Å². The Hall–Kier alpha value is -2.14. The van der Waals surface area contributed by atoms with E-state index in [2.05, 4.69) is 27.1 Å². The quantitative estimate of drug-likeness (QED) is 0.890. The number of nitrogens with one attached hydrogen (secondary N) is 1. The van der Waals surface area contributed by atoms with Crippen LogP contribution in [0.1, 0.15) is 35.7 Å². The summed E-state index contributed by atoms with van der Waals surface area (Å²) in [6.07, 6.45) is 6.30. The van der Waals surface area contributed by atoms with E-state index in [1.807, 2.05) is 24.3 Å². The number of hydrogen-bond acceptors (Lipinski definition) is 4. The van der Waals surface area contributed by atoms with Crippen LogP contribution in [0.5, 0.6) is 0 Å². The number of carbonyl (C=O) groups is 1. The molecule has 0 radical (unpaired) electrons. The summed E-state index contributed by atoms with van der Waals surface area (Å²) in [7, 11) is 0. The van der Waals surface area contributed by atoms with Crippen molar-refractivity contribution in [1.29, 1.82) is 0 Å². The van der Waals surface area contributed by atoms with Crippen molar-refractivity contribution in [3.05, 3.63) is 52.8 Å². The Morgan fingerprint density at radius 2 is 1.84 bits per heavy atom. The van der Waals surface area contributed by atoms with Gasteiger partial charge in [-0.05, 0) is 42.9 Å². The largest absolute Gasteiger partial charge is 0.352 e. The second-order valence-corrected chi connectivity index (χ2v) is 7.01. The van der Waals surface area contributed by atoms with Crippen LogP contribution < -0.4 is 10.2 Å². The molecule has 6 heteroatoms. The smallest absolute Gasteiger partial charge is 0.254 e. The van der Waals surface area contributed by atoms with Gasteiger partial charge in [-0.25, -0.2) is 9.97 Å². The second-order valence-electron chi connectivity index (χ2n) is 6.57. The Balaban J connectivity index is 1.49. The van der Waals surface area contributed by atoms with Crippen LogP contribution in [-0.4, -0.2) is 35.5 Å². The third kappa shape index (κ3) is 4.92. The van der Waals surface area contributed by atoms with Crippen LogP contribution in [0.2, 0.25) is 5.02 Å². The summed E-state index contributed by atoms with van der Waals surface area (Å²) in [6, 6.07) is 7.64. The third-order valence-corrected chi connectivity index (χ3v) is 4.83. The predicted octanol–water partition coefficient (Wildman–Crippen LogP) is 3.34. The number of carbonyl (C=O) groups excluding carboxylic acids is 1. The van der Waals surface area contributed by atoms with Crippen molar-refractivity contribution in [2.24, 2.45) is 5.92 Å². The SMILES string of the molecule is CC1CCN(c2ncc(C(=O)NCCc3ccc(Cl)cc3)cn2)CC1. The van der Waals surface area contributed by atoms with Gasteiger partial charge in [-0.1, -0.05) is 30.7 Å². The Morgan fingerprint density at radius 1 is 1.20 bits per heavy atom. The number of nitrogens with zero attached hydrogens (tertiary/aromatic N) is 3. The van der Waals surface area contributed by atoms with Gasteiger partial charge in [0.15, 0.2) is 0 Å². The number of benzene rings is 1. The van der Waals surface area contributed by atoms with Crippen LogP contribution in [0.15, 0.2) is 36.7 Å². The van der Waals surface area contributed by atoms with Crippen LogP contribution in [0, 0.1) is 5.92 Å². The number of anilines is 1. The van der Waals surface area contributed by atoms with Gasteiger partial charge in [0.2, 0.25) is 5.95 Å². The van der Waals surface area contributed by atoms with Crippen molar-refractivity contribution in [2.45, 2.75) is 26.2 Å². The fraction of sp³-hybridized carbons (Fsp3) is 0.421. The molecule has 25 heavy (non-hydrogen) atoms. The molecule has 0 atom stereocenters. The zero-order valence-corrected chi connectivity index (χ0v) is 15.2. The van der Waals surface area contributed by atoms with E-state index in [1.54, 1.807) is 12.4 Å². The van der Waals surface area contributed by atoms with Gasteiger partial charge in [-0.2, -0.15) is 0 Å². The number of halogens is 1. The molecule has 1 amide bonds. The molecule has 1 aliphatic heterocycles. The average molecular weight is 359 g/mol. The van der Waals surface area contributed by atoms with E-state index in [0.717, 1.165) is 43.8 Å². The lowest BCUT2D eigenvalue weighted by Gasteiger charge is -2.30. The highest BCUT2D eigenvalue weighted by atomic mass is 35.5. The monoisotopic (exact) mass is 358 g/mol. The van der Waals surface area contributed by atoms with E-state index in [4.69, 9.17) is 11.6 Å². The van der Waals surface area contributed by atoms with Crippen LogP contribution >= 0.6 is 11.6 Å². The summed E-state index contributed by atoms with van der Waals surface area (Å²) in [6.45, 7) is 4.80. The number of rotatable bonds is 5. The van der Waals surface area contributed by atoms with E-state index in [9.17, 15) is 4.79 Å². The van der Waals surface area contributed by atoms with Gasteiger partial charge in [0, 0.05) is 37.1 Å². The van der Waals surface area contributed by atoms with E-state index in [1.165, 1.54) is 0 Å². The number of hydrogen-bond donors (Lipinski definition) is 1. The van der Waals surface area contributed by atoms with Gasteiger partial charge in [0.1, 0.15) is 0 Å². The summed E-state index contributed by atoms with van der Waals surface area (Å²) in [5.74, 6) is 1.33. The van der Waals surface area contributed by atoms with E-state index in [-0.39, 0.29) is 5.91 Å². The molecule has 1 aromatic carbocycles. The minimum atomic E-state index is -0.146. The van der Waals surface area contributed by atoms with Gasteiger partial charge in [0.05, 0.1) is 5.56 Å². The Kier molecular flexibility index (Phi) is 5.87. The van der Waals surface area contributed by atoms with Crippen LogP contribution in [0.3, 0.4) is 0 Å². The molecule has 1 aromatic heterocycles. The lowest BCUT2D eigenvalue weighted by atomic mass is 10.00. The van der Waals surface area contributed by atoms with Crippen molar-refractivity contribution < 1.29 is 4.79 Å². The standard InChI is InChI=1S/C19H23ClN4O/c1-14-7-10-24(11-8-14)19-22-12-16(13-23-19)18(25)21-9-6-15-2-4-17(20)5-3-15/h2-5,12-14H,6-11H2,1H3,(H,21,25). The van der Waals surface area contributed by atoms with Crippen LogP contribution in [0.25, 0.3) is 0 Å². The molecular weight excluding hydrogens is 336 g/mol. The maximum Gasteiger partial charge on any atom is 0.254 e. The molecule has 0 bridgehead atoms. The maximum absolute atomic E-state index is 12.2. The summed E-state index contributed by atoms with van der Waals surface area (Å²) in [5.41, 5.74) is 1.63. The average Bonchev–Trinajstić information content (AvgIpc) is 2.64. The molecule has 3 rings (SSSR count). The molecule has 1 N–H and O–H groups in total. The molecule has 132 valence electrons. The maximum atomic E-state index is 12.2. The summed E-state index contributed by atoms with van der Waals surface area (Å²) >= 11 is 5.87. The molecule has 2 aromatic rings. The molecule has 1 fully saturated rings. The summed E-state index contributed by atoms with van der Waals surface area (Å²) in [5, 5.41) is 3.62. The highest BCUT2D eigenvalue weighted by Crippen LogP contribution is 2.19. The lowest BCUT2D eigenvalue weighted by Crippen LogP contribution is -2.34. The van der Waals surface area contributed by atoms with Gasteiger partial charge >= 0.3 is 0 Å². The molecular formula is C19H23ClN4O.